The van der Waals surface area contributed by atoms with E-state index in [1.54, 1.807) is 6.20 Å². The van der Waals surface area contributed by atoms with E-state index in [0.717, 1.165) is 11.4 Å². The molecule has 0 spiro atoms. The number of hydrogen-bond donors (Lipinski definition) is 1. The Morgan fingerprint density at radius 2 is 2.32 bits per heavy atom. The van der Waals surface area contributed by atoms with E-state index in [-0.39, 0.29) is 0 Å². The fraction of sp³-hybridized carbons (Fsp3) is 0.357. The lowest BCUT2D eigenvalue weighted by atomic mass is 10.1. The van der Waals surface area contributed by atoms with Crippen molar-refractivity contribution in [2.75, 3.05) is 11.1 Å². The number of hydrogen-bond acceptors (Lipinski definition) is 3. The number of thioether (sulfide) groups is 1. The molecule has 2 atom stereocenters. The van der Waals surface area contributed by atoms with Crippen LogP contribution in [0.2, 0.25) is 5.02 Å². The van der Waals surface area contributed by atoms with E-state index in [2.05, 4.69) is 23.4 Å². The molecule has 3 nitrogen and oxygen atoms in total. The van der Waals surface area contributed by atoms with Gasteiger partial charge in [0.15, 0.2) is 0 Å². The van der Waals surface area contributed by atoms with Crippen LogP contribution in [0.5, 0.6) is 0 Å². The predicted octanol–water partition coefficient (Wildman–Crippen LogP) is 3.83. The molecule has 0 amide bonds. The van der Waals surface area contributed by atoms with Crippen LogP contribution in [0, 0.1) is 0 Å². The number of para-hydroxylation sites is 1. The lowest BCUT2D eigenvalue weighted by Gasteiger charge is -2.20. The largest absolute Gasteiger partial charge is 0.379 e. The maximum Gasteiger partial charge on any atom is 0.106 e. The minimum atomic E-state index is 0.498. The van der Waals surface area contributed by atoms with Gasteiger partial charge in [0.1, 0.15) is 5.69 Å². The van der Waals surface area contributed by atoms with E-state index in [4.69, 9.17) is 11.6 Å². The van der Waals surface area contributed by atoms with Gasteiger partial charge >= 0.3 is 0 Å². The summed E-state index contributed by atoms with van der Waals surface area (Å²) in [5.41, 5.74) is 1.98. The molecule has 0 radical (unpaired) electrons. The van der Waals surface area contributed by atoms with Crippen LogP contribution in [-0.2, 0) is 0 Å². The summed E-state index contributed by atoms with van der Waals surface area (Å²) in [6.07, 6.45) is 4.87. The van der Waals surface area contributed by atoms with Crippen molar-refractivity contribution in [3.8, 4) is 5.69 Å². The van der Waals surface area contributed by atoms with Crippen molar-refractivity contribution in [1.82, 2.24) is 9.78 Å². The van der Waals surface area contributed by atoms with Crippen molar-refractivity contribution in [1.29, 1.82) is 0 Å². The molecule has 1 aromatic heterocycles. The smallest absolute Gasteiger partial charge is 0.106 e. The maximum absolute atomic E-state index is 6.34. The number of anilines is 1. The van der Waals surface area contributed by atoms with E-state index in [1.807, 2.05) is 40.8 Å². The highest BCUT2D eigenvalue weighted by molar-refractivity contribution is 8.00. The van der Waals surface area contributed by atoms with E-state index in [9.17, 15) is 0 Å². The Bertz CT molecular complexity index is 556. The van der Waals surface area contributed by atoms with Gasteiger partial charge in [0.05, 0.1) is 10.7 Å². The summed E-state index contributed by atoms with van der Waals surface area (Å²) in [5, 5.41) is 9.25. The van der Waals surface area contributed by atoms with Crippen LogP contribution in [0.3, 0.4) is 0 Å². The Hall–Kier alpha value is -1.13. The molecule has 5 heteroatoms. The van der Waals surface area contributed by atoms with Gasteiger partial charge in [-0.05, 0) is 30.4 Å². The monoisotopic (exact) mass is 293 g/mol. The summed E-state index contributed by atoms with van der Waals surface area (Å²) in [5.74, 6) is 1.22. The number of aromatic nitrogens is 2. The highest BCUT2D eigenvalue weighted by atomic mass is 35.5. The van der Waals surface area contributed by atoms with Crippen molar-refractivity contribution >= 4 is 29.1 Å². The number of nitrogens with one attached hydrogen (secondary N) is 1. The molecule has 0 aliphatic carbocycles. The second-order valence-corrected chi connectivity index (χ2v) is 6.59. The van der Waals surface area contributed by atoms with Gasteiger partial charge in [-0.2, -0.15) is 16.9 Å². The molecule has 3 rings (SSSR count). The number of nitrogens with zero attached hydrogens (tertiary/aromatic N) is 2. The van der Waals surface area contributed by atoms with Crippen molar-refractivity contribution in [3.05, 3.63) is 41.7 Å². The zero-order valence-electron chi connectivity index (χ0n) is 10.7. The van der Waals surface area contributed by atoms with E-state index in [0.29, 0.717) is 16.3 Å². The summed E-state index contributed by atoms with van der Waals surface area (Å²) in [6.45, 7) is 2.27. The lowest BCUT2D eigenvalue weighted by molar-refractivity contribution is 0.722. The SMILES string of the molecule is CC1SCCC1Nc1cccc(Cl)c1-n1cccn1. The topological polar surface area (TPSA) is 29.9 Å². The number of halogens is 1. The van der Waals surface area contributed by atoms with E-state index in [1.165, 1.54) is 12.2 Å². The first-order valence-corrected chi connectivity index (χ1v) is 7.85. The van der Waals surface area contributed by atoms with Gasteiger partial charge < -0.3 is 5.32 Å². The molecule has 2 heterocycles. The first kappa shape index (κ1) is 12.9. The summed E-state index contributed by atoms with van der Waals surface area (Å²) in [4.78, 5) is 0. The molecular weight excluding hydrogens is 278 g/mol. The summed E-state index contributed by atoms with van der Waals surface area (Å²) in [6, 6.07) is 8.35. The third kappa shape index (κ3) is 2.60. The Morgan fingerprint density at radius 3 is 3.00 bits per heavy atom. The number of rotatable bonds is 3. The average molecular weight is 294 g/mol. The van der Waals surface area contributed by atoms with Gasteiger partial charge in [-0.15, -0.1) is 0 Å². The highest BCUT2D eigenvalue weighted by Gasteiger charge is 2.24. The molecule has 1 N–H and O–H groups in total. The molecule has 1 saturated heterocycles. The van der Waals surface area contributed by atoms with Crippen LogP contribution < -0.4 is 5.32 Å². The molecule has 2 unspecified atom stereocenters. The highest BCUT2D eigenvalue weighted by Crippen LogP contribution is 2.33. The maximum atomic E-state index is 6.34. The zero-order valence-corrected chi connectivity index (χ0v) is 12.3. The Labute approximate surface area is 122 Å². The summed E-state index contributed by atoms with van der Waals surface area (Å²) in [7, 11) is 0. The third-order valence-electron chi connectivity index (χ3n) is 3.44. The standard InChI is InChI=1S/C14H16ClN3S/c1-10-12(6-9-19-10)17-13-5-2-4-11(15)14(13)18-8-3-7-16-18/h2-5,7-8,10,12,17H,6,9H2,1H3. The molecule has 1 aliphatic heterocycles. The van der Waals surface area contributed by atoms with Gasteiger partial charge in [-0.1, -0.05) is 24.6 Å². The van der Waals surface area contributed by atoms with Gasteiger partial charge in [0.25, 0.3) is 0 Å². The van der Waals surface area contributed by atoms with Crippen molar-refractivity contribution in [2.45, 2.75) is 24.6 Å². The van der Waals surface area contributed by atoms with Gasteiger partial charge in [0.2, 0.25) is 0 Å². The molecule has 2 aromatic rings. The molecule has 1 aromatic carbocycles. The van der Waals surface area contributed by atoms with Crippen molar-refractivity contribution in [2.24, 2.45) is 0 Å². The minimum absolute atomic E-state index is 0.498. The van der Waals surface area contributed by atoms with Crippen LogP contribution in [0.25, 0.3) is 5.69 Å². The Kier molecular flexibility index (Phi) is 3.71. The van der Waals surface area contributed by atoms with Crippen molar-refractivity contribution in [3.63, 3.8) is 0 Å². The first-order chi connectivity index (χ1) is 9.25. The van der Waals surface area contributed by atoms with Gasteiger partial charge in [0, 0.05) is 23.7 Å². The average Bonchev–Trinajstić information content (AvgIpc) is 3.03. The molecule has 0 saturated carbocycles. The van der Waals surface area contributed by atoms with Gasteiger partial charge in [-0.25, -0.2) is 4.68 Å². The Balaban J connectivity index is 1.95. The van der Waals surface area contributed by atoms with Crippen LogP contribution in [0.1, 0.15) is 13.3 Å². The third-order valence-corrected chi connectivity index (χ3v) is 5.07. The van der Waals surface area contributed by atoms with Crippen LogP contribution in [0.4, 0.5) is 5.69 Å². The van der Waals surface area contributed by atoms with Gasteiger partial charge in [-0.3, -0.25) is 0 Å². The first-order valence-electron chi connectivity index (χ1n) is 6.42. The van der Waals surface area contributed by atoms with Crippen LogP contribution in [-0.4, -0.2) is 26.8 Å². The normalized spacial score (nSPS) is 22.6. The van der Waals surface area contributed by atoms with E-state index < -0.39 is 0 Å². The van der Waals surface area contributed by atoms with Crippen LogP contribution in [0.15, 0.2) is 36.7 Å². The molecule has 0 bridgehead atoms. The fourth-order valence-corrected chi connectivity index (χ4v) is 3.85. The van der Waals surface area contributed by atoms with Crippen molar-refractivity contribution < 1.29 is 0 Å². The fourth-order valence-electron chi connectivity index (χ4n) is 2.39. The summed E-state index contributed by atoms with van der Waals surface area (Å²) < 4.78 is 1.82. The molecule has 1 aliphatic rings. The zero-order chi connectivity index (χ0) is 13.2. The molecular formula is C14H16ClN3S. The molecule has 1 fully saturated rings. The molecule has 19 heavy (non-hydrogen) atoms. The second kappa shape index (κ2) is 5.47. The minimum Gasteiger partial charge on any atom is -0.379 e. The Morgan fingerprint density at radius 1 is 1.42 bits per heavy atom. The second-order valence-electron chi connectivity index (χ2n) is 4.70. The van der Waals surface area contributed by atoms with Crippen LogP contribution >= 0.6 is 23.4 Å². The van der Waals surface area contributed by atoms with E-state index >= 15 is 0 Å². The summed E-state index contributed by atoms with van der Waals surface area (Å²) >= 11 is 8.35. The lowest BCUT2D eigenvalue weighted by Crippen LogP contribution is -2.25. The molecule has 100 valence electrons. The predicted molar refractivity (Wildman–Crippen MR) is 82.5 cm³/mol. The number of benzene rings is 1. The quantitative estimate of drug-likeness (QED) is 0.933.